The lowest BCUT2D eigenvalue weighted by Gasteiger charge is -2.11. The van der Waals surface area contributed by atoms with Crippen LogP contribution < -0.4 is 5.56 Å². The molecule has 1 aromatic heterocycles. The maximum Gasteiger partial charge on any atom is 0.331 e. The van der Waals surface area contributed by atoms with Gasteiger partial charge in [-0.15, -0.1) is 0 Å². The van der Waals surface area contributed by atoms with Gasteiger partial charge in [-0.05, 0) is 43.2 Å². The van der Waals surface area contributed by atoms with Crippen LogP contribution in [0.3, 0.4) is 0 Å². The van der Waals surface area contributed by atoms with Crippen LogP contribution in [-0.2, 0) is 9.53 Å². The maximum absolute atomic E-state index is 12.1. The summed E-state index contributed by atoms with van der Waals surface area (Å²) in [5.41, 5.74) is 2.34. The first kappa shape index (κ1) is 16.6. The molecule has 0 aliphatic rings. The van der Waals surface area contributed by atoms with Crippen molar-refractivity contribution in [1.82, 2.24) is 9.97 Å². The van der Waals surface area contributed by atoms with Crippen LogP contribution in [0, 0.1) is 6.92 Å². The summed E-state index contributed by atoms with van der Waals surface area (Å²) in [7, 11) is 0. The summed E-state index contributed by atoms with van der Waals surface area (Å²) in [5.74, 6) is -0.173. The first-order valence-electron chi connectivity index (χ1n) is 7.98. The molecule has 2 aromatic carbocycles. The number of H-pyrrole nitrogens is 1. The molecule has 0 saturated carbocycles. The minimum absolute atomic E-state index is 0.251. The van der Waals surface area contributed by atoms with Crippen molar-refractivity contribution in [3.63, 3.8) is 0 Å². The molecule has 0 unspecified atom stereocenters. The highest BCUT2D eigenvalue weighted by Crippen LogP contribution is 2.15. The number of rotatable bonds is 4. The SMILES string of the molecule is Cc1ccccc1/C=C/C(=O)O[C@H](C)c1nc2ccccc2c(=O)[nH]1. The van der Waals surface area contributed by atoms with Crippen molar-refractivity contribution in [3.05, 3.63) is 81.9 Å². The number of esters is 1. The number of benzene rings is 2. The largest absolute Gasteiger partial charge is 0.451 e. The van der Waals surface area contributed by atoms with E-state index in [0.717, 1.165) is 11.1 Å². The highest BCUT2D eigenvalue weighted by atomic mass is 16.5. The van der Waals surface area contributed by atoms with E-state index in [1.165, 1.54) is 6.08 Å². The number of para-hydroxylation sites is 1. The molecule has 3 aromatic rings. The molecule has 5 nitrogen and oxygen atoms in total. The van der Waals surface area contributed by atoms with Crippen LogP contribution in [0.15, 0.2) is 59.4 Å². The Hall–Kier alpha value is -3.21. The molecular weight excluding hydrogens is 316 g/mol. The van der Waals surface area contributed by atoms with Crippen LogP contribution in [0.2, 0.25) is 0 Å². The predicted molar refractivity (Wildman–Crippen MR) is 97.1 cm³/mol. The summed E-state index contributed by atoms with van der Waals surface area (Å²) in [6.07, 6.45) is 2.42. The smallest absolute Gasteiger partial charge is 0.331 e. The van der Waals surface area contributed by atoms with Crippen molar-refractivity contribution in [3.8, 4) is 0 Å². The van der Waals surface area contributed by atoms with Crippen LogP contribution in [0.5, 0.6) is 0 Å². The first-order valence-corrected chi connectivity index (χ1v) is 7.98. The Morgan fingerprint density at radius 1 is 1.16 bits per heavy atom. The van der Waals surface area contributed by atoms with Crippen LogP contribution in [0.25, 0.3) is 17.0 Å². The van der Waals surface area contributed by atoms with Crippen molar-refractivity contribution in [2.45, 2.75) is 20.0 Å². The lowest BCUT2D eigenvalue weighted by molar-refractivity contribution is -0.142. The molecule has 0 fully saturated rings. The van der Waals surface area contributed by atoms with Gasteiger partial charge in [-0.25, -0.2) is 9.78 Å². The third kappa shape index (κ3) is 3.83. The zero-order chi connectivity index (χ0) is 17.8. The molecule has 0 amide bonds. The van der Waals surface area contributed by atoms with Crippen LogP contribution in [-0.4, -0.2) is 15.9 Å². The van der Waals surface area contributed by atoms with Gasteiger partial charge in [0.1, 0.15) is 0 Å². The summed E-state index contributed by atoms with van der Waals surface area (Å²) >= 11 is 0. The number of hydrogen-bond donors (Lipinski definition) is 1. The van der Waals surface area contributed by atoms with Gasteiger partial charge in [-0.2, -0.15) is 0 Å². The number of aromatic amines is 1. The molecule has 1 N–H and O–H groups in total. The fraction of sp³-hybridized carbons (Fsp3) is 0.150. The molecule has 3 rings (SSSR count). The standard InChI is InChI=1S/C20H18N2O3/c1-13-7-3-4-8-15(13)11-12-18(23)25-14(2)19-21-17-10-6-5-9-16(17)20(24)22-19/h3-12,14H,1-2H3,(H,21,22,24)/b12-11+/t14-/m1/s1. The molecular formula is C20H18N2O3. The molecule has 1 heterocycles. The zero-order valence-electron chi connectivity index (χ0n) is 14.0. The van der Waals surface area contributed by atoms with E-state index in [0.29, 0.717) is 16.7 Å². The second-order valence-corrected chi connectivity index (χ2v) is 5.74. The molecule has 25 heavy (non-hydrogen) atoms. The molecule has 126 valence electrons. The van der Waals surface area contributed by atoms with Crippen molar-refractivity contribution in [2.75, 3.05) is 0 Å². The van der Waals surface area contributed by atoms with E-state index in [-0.39, 0.29) is 5.56 Å². The summed E-state index contributed by atoms with van der Waals surface area (Å²) in [4.78, 5) is 31.2. The van der Waals surface area contributed by atoms with Gasteiger partial charge in [-0.1, -0.05) is 36.4 Å². The fourth-order valence-corrected chi connectivity index (χ4v) is 2.50. The van der Waals surface area contributed by atoms with Gasteiger partial charge >= 0.3 is 5.97 Å². The topological polar surface area (TPSA) is 72.0 Å². The van der Waals surface area contributed by atoms with Crippen molar-refractivity contribution < 1.29 is 9.53 Å². The number of nitrogens with zero attached hydrogens (tertiary/aromatic N) is 1. The second kappa shape index (κ2) is 7.13. The van der Waals surface area contributed by atoms with Crippen LogP contribution in [0.1, 0.15) is 30.0 Å². The van der Waals surface area contributed by atoms with Crippen LogP contribution in [0.4, 0.5) is 0 Å². The number of carbonyl (C=O) groups excluding carboxylic acids is 1. The number of carbonyl (C=O) groups is 1. The lowest BCUT2D eigenvalue weighted by Crippen LogP contribution is -2.16. The average Bonchev–Trinajstić information content (AvgIpc) is 2.61. The van der Waals surface area contributed by atoms with Crippen molar-refractivity contribution >= 4 is 22.9 Å². The number of fused-ring (bicyclic) bond motifs is 1. The van der Waals surface area contributed by atoms with E-state index < -0.39 is 12.1 Å². The Balaban J connectivity index is 1.76. The van der Waals surface area contributed by atoms with E-state index >= 15 is 0 Å². The first-order chi connectivity index (χ1) is 12.0. The van der Waals surface area contributed by atoms with Gasteiger partial charge in [-0.3, -0.25) is 4.79 Å². The molecule has 1 atom stereocenters. The van der Waals surface area contributed by atoms with Gasteiger partial charge in [0.15, 0.2) is 11.9 Å². The average molecular weight is 334 g/mol. The minimum Gasteiger partial charge on any atom is -0.451 e. The monoisotopic (exact) mass is 334 g/mol. The molecule has 0 aliphatic heterocycles. The number of aromatic nitrogens is 2. The summed E-state index contributed by atoms with van der Waals surface area (Å²) in [5, 5.41) is 0.504. The summed E-state index contributed by atoms with van der Waals surface area (Å²) < 4.78 is 5.34. The van der Waals surface area contributed by atoms with Gasteiger partial charge < -0.3 is 9.72 Å². The molecule has 0 aliphatic carbocycles. The third-order valence-electron chi connectivity index (χ3n) is 3.90. The fourth-order valence-electron chi connectivity index (χ4n) is 2.50. The van der Waals surface area contributed by atoms with Gasteiger partial charge in [0, 0.05) is 6.08 Å². The molecule has 5 heteroatoms. The Bertz CT molecular complexity index is 1000. The summed E-state index contributed by atoms with van der Waals surface area (Å²) in [6, 6.07) is 14.8. The molecule has 0 saturated heterocycles. The Morgan fingerprint density at radius 3 is 2.68 bits per heavy atom. The summed E-state index contributed by atoms with van der Waals surface area (Å²) in [6.45, 7) is 3.64. The van der Waals surface area contributed by atoms with E-state index in [1.807, 2.05) is 31.2 Å². The Morgan fingerprint density at radius 2 is 1.88 bits per heavy atom. The highest BCUT2D eigenvalue weighted by Gasteiger charge is 2.14. The Labute approximate surface area is 145 Å². The van der Waals surface area contributed by atoms with E-state index in [9.17, 15) is 9.59 Å². The maximum atomic E-state index is 12.1. The predicted octanol–water partition coefficient (Wildman–Crippen LogP) is 3.55. The molecule has 0 radical (unpaired) electrons. The van der Waals surface area contributed by atoms with Crippen molar-refractivity contribution in [2.24, 2.45) is 0 Å². The minimum atomic E-state index is -0.661. The lowest BCUT2D eigenvalue weighted by atomic mass is 10.1. The zero-order valence-corrected chi connectivity index (χ0v) is 14.0. The molecule has 0 spiro atoms. The normalized spacial score (nSPS) is 12.4. The Kier molecular flexibility index (Phi) is 4.75. The quantitative estimate of drug-likeness (QED) is 0.585. The van der Waals surface area contributed by atoms with E-state index in [2.05, 4.69) is 9.97 Å². The van der Waals surface area contributed by atoms with Crippen molar-refractivity contribution in [1.29, 1.82) is 0 Å². The number of ether oxygens (including phenoxy) is 1. The number of hydrogen-bond acceptors (Lipinski definition) is 4. The number of nitrogens with one attached hydrogen (secondary N) is 1. The third-order valence-corrected chi connectivity index (χ3v) is 3.90. The van der Waals surface area contributed by atoms with E-state index in [4.69, 9.17) is 4.74 Å². The molecule has 0 bridgehead atoms. The van der Waals surface area contributed by atoms with Gasteiger partial charge in [0.25, 0.3) is 5.56 Å². The van der Waals surface area contributed by atoms with Crippen LogP contribution >= 0.6 is 0 Å². The van der Waals surface area contributed by atoms with Gasteiger partial charge in [0.2, 0.25) is 0 Å². The van der Waals surface area contributed by atoms with Gasteiger partial charge in [0.05, 0.1) is 10.9 Å². The second-order valence-electron chi connectivity index (χ2n) is 5.74. The number of aryl methyl sites for hydroxylation is 1. The highest BCUT2D eigenvalue weighted by molar-refractivity contribution is 5.87. The van der Waals surface area contributed by atoms with E-state index in [1.54, 1.807) is 37.3 Å².